The van der Waals surface area contributed by atoms with Crippen LogP contribution in [0.2, 0.25) is 0 Å². The molecule has 1 saturated carbocycles. The molecule has 5 rings (SSSR count). The predicted octanol–water partition coefficient (Wildman–Crippen LogP) is 3.23. The minimum atomic E-state index is -3.77. The molecular formula is C31H39F3N4O6. The number of aliphatic hydroxyl groups excluding tert-OH is 2. The Morgan fingerprint density at radius 1 is 1.11 bits per heavy atom. The van der Waals surface area contributed by atoms with Crippen molar-refractivity contribution in [2.45, 2.75) is 56.5 Å². The number of ether oxygens (including phenoxy) is 3. The van der Waals surface area contributed by atoms with Gasteiger partial charge >= 0.3 is 6.29 Å². The molecule has 1 aliphatic heterocycles. The van der Waals surface area contributed by atoms with E-state index in [1.54, 1.807) is 4.57 Å². The summed E-state index contributed by atoms with van der Waals surface area (Å²) in [4.78, 5) is 13.4. The molecule has 1 fully saturated rings. The molecule has 0 spiro atoms. The van der Waals surface area contributed by atoms with Gasteiger partial charge in [-0.15, -0.1) is 8.78 Å². The van der Waals surface area contributed by atoms with Crippen LogP contribution in [0, 0.1) is 5.82 Å². The summed E-state index contributed by atoms with van der Waals surface area (Å²) in [7, 11) is 1.85. The lowest BCUT2D eigenvalue weighted by Crippen LogP contribution is -2.34. The number of nitrogens with one attached hydrogen (secondary N) is 3. The zero-order valence-corrected chi connectivity index (χ0v) is 25.0. The number of rotatable bonds is 15. The predicted molar refractivity (Wildman–Crippen MR) is 158 cm³/mol. The molecule has 1 unspecified atom stereocenters. The van der Waals surface area contributed by atoms with Crippen molar-refractivity contribution in [3.63, 3.8) is 0 Å². The topological polar surface area (TPSA) is 126 Å². The molecule has 5 N–H and O–H groups in total. The summed E-state index contributed by atoms with van der Waals surface area (Å²) in [5.41, 5.74) is -0.0780. The van der Waals surface area contributed by atoms with Crippen molar-refractivity contribution in [3.8, 4) is 11.5 Å². The van der Waals surface area contributed by atoms with E-state index in [2.05, 4.69) is 25.4 Å². The number of nitrogens with zero attached hydrogens (tertiary/aromatic N) is 1. The van der Waals surface area contributed by atoms with Gasteiger partial charge in [0, 0.05) is 42.2 Å². The lowest BCUT2D eigenvalue weighted by molar-refractivity contribution is -0.286. The number of carbonyl (C=O) groups is 1. The summed E-state index contributed by atoms with van der Waals surface area (Å²) in [5.74, 6) is -1.42. The summed E-state index contributed by atoms with van der Waals surface area (Å²) in [6.45, 7) is 6.33. The van der Waals surface area contributed by atoms with Crippen LogP contribution in [-0.2, 0) is 26.9 Å². The van der Waals surface area contributed by atoms with Gasteiger partial charge in [0.1, 0.15) is 5.82 Å². The zero-order valence-electron chi connectivity index (χ0n) is 25.0. The molecule has 240 valence electrons. The van der Waals surface area contributed by atoms with Gasteiger partial charge in [-0.1, -0.05) is 19.9 Å². The van der Waals surface area contributed by atoms with Gasteiger partial charge in [0.25, 0.3) is 0 Å². The van der Waals surface area contributed by atoms with Crippen LogP contribution in [0.4, 0.5) is 18.9 Å². The van der Waals surface area contributed by atoms with Crippen molar-refractivity contribution in [2.24, 2.45) is 0 Å². The molecule has 0 bridgehead atoms. The minimum Gasteiger partial charge on any atom is -0.395 e. The summed E-state index contributed by atoms with van der Waals surface area (Å²) in [6, 6.07) is 8.89. The molecule has 0 saturated heterocycles. The van der Waals surface area contributed by atoms with Crippen molar-refractivity contribution >= 4 is 22.5 Å². The maximum absolute atomic E-state index is 15.5. The number of hydrogen-bond donors (Lipinski definition) is 5. The Balaban J connectivity index is 1.33. The van der Waals surface area contributed by atoms with Crippen molar-refractivity contribution < 1.29 is 42.4 Å². The average molecular weight is 621 g/mol. The van der Waals surface area contributed by atoms with Crippen LogP contribution in [0.3, 0.4) is 0 Å². The van der Waals surface area contributed by atoms with Crippen LogP contribution in [0.5, 0.6) is 11.5 Å². The number of aromatic nitrogens is 1. The number of halogens is 3. The van der Waals surface area contributed by atoms with E-state index in [0.29, 0.717) is 54.8 Å². The number of carbonyl (C=O) groups excluding carboxylic acids is 1. The van der Waals surface area contributed by atoms with E-state index in [4.69, 9.17) is 4.74 Å². The van der Waals surface area contributed by atoms with Gasteiger partial charge in [0.2, 0.25) is 5.91 Å². The molecule has 2 aromatic carbocycles. The number of fused-ring (bicyclic) bond motifs is 2. The van der Waals surface area contributed by atoms with E-state index >= 15 is 4.39 Å². The number of anilines is 1. The summed E-state index contributed by atoms with van der Waals surface area (Å²) in [5, 5.41) is 30.4. The summed E-state index contributed by atoms with van der Waals surface area (Å²) in [6.07, 6.45) is -3.67. The van der Waals surface area contributed by atoms with Crippen molar-refractivity contribution in [1.82, 2.24) is 15.2 Å². The molecule has 1 aliphatic carbocycles. The fourth-order valence-electron chi connectivity index (χ4n) is 5.44. The fraction of sp³-hybridized carbons (Fsp3) is 0.516. The Bertz CT molecular complexity index is 1510. The molecule has 1 aromatic heterocycles. The second-order valence-electron chi connectivity index (χ2n) is 12.0. The molecule has 2 aliphatic rings. The Hall–Kier alpha value is -3.36. The normalized spacial score (nSPS) is 17.2. The minimum absolute atomic E-state index is 0.0351. The second kappa shape index (κ2) is 12.6. The van der Waals surface area contributed by atoms with Crippen LogP contribution in [-0.4, -0.2) is 79.6 Å². The first-order valence-electron chi connectivity index (χ1n) is 14.7. The Morgan fingerprint density at radius 2 is 1.84 bits per heavy atom. The van der Waals surface area contributed by atoms with Gasteiger partial charge in [0.15, 0.2) is 11.5 Å². The van der Waals surface area contributed by atoms with Crippen molar-refractivity contribution in [3.05, 3.63) is 53.5 Å². The number of likely N-dealkylation sites (N-methyl/N-ethyl adjacent to an activating group) is 1. The van der Waals surface area contributed by atoms with E-state index in [1.807, 2.05) is 27.0 Å². The standard InChI is InChI=1S/C31H39F3N4O6/c1-29(2,18-39)27-13-19-12-23(22(32)15-24(19)38(27)17-21(40)16-36-9-11-42-10-8-35-3)37-28(41)30(6-7-30)20-4-5-25-26(14-20)44-31(33,34)43-25/h4-5,12-15,21,35-36,39-40H,6-11,16-18H2,1-3H3,(H,37,41). The van der Waals surface area contributed by atoms with Crippen molar-refractivity contribution in [1.29, 1.82) is 0 Å². The van der Waals surface area contributed by atoms with Gasteiger partial charge in [0.05, 0.1) is 49.1 Å². The third kappa shape index (κ3) is 6.66. The van der Waals surface area contributed by atoms with E-state index in [9.17, 15) is 23.8 Å². The highest BCUT2D eigenvalue weighted by molar-refractivity contribution is 6.03. The quantitative estimate of drug-likeness (QED) is 0.164. The van der Waals surface area contributed by atoms with Gasteiger partial charge < -0.3 is 44.9 Å². The van der Waals surface area contributed by atoms with E-state index in [0.717, 1.165) is 6.54 Å². The highest BCUT2D eigenvalue weighted by Gasteiger charge is 2.53. The Morgan fingerprint density at radius 3 is 2.55 bits per heavy atom. The smallest absolute Gasteiger partial charge is 0.395 e. The van der Waals surface area contributed by atoms with Crippen LogP contribution < -0.4 is 25.4 Å². The third-order valence-electron chi connectivity index (χ3n) is 8.16. The first kappa shape index (κ1) is 32.0. The second-order valence-corrected chi connectivity index (χ2v) is 12.0. The first-order chi connectivity index (χ1) is 20.9. The number of hydrogen-bond acceptors (Lipinski definition) is 8. The monoisotopic (exact) mass is 620 g/mol. The highest BCUT2D eigenvalue weighted by Crippen LogP contribution is 2.52. The molecule has 1 atom stereocenters. The number of alkyl halides is 2. The van der Waals surface area contributed by atoms with Gasteiger partial charge in [-0.25, -0.2) is 4.39 Å². The molecule has 1 amide bonds. The molecule has 44 heavy (non-hydrogen) atoms. The zero-order chi connectivity index (χ0) is 31.7. The molecule has 0 radical (unpaired) electrons. The maximum atomic E-state index is 15.5. The lowest BCUT2D eigenvalue weighted by Gasteiger charge is -2.26. The van der Waals surface area contributed by atoms with E-state index < -0.39 is 35.0 Å². The van der Waals surface area contributed by atoms with Crippen LogP contribution >= 0.6 is 0 Å². The Labute approximate surface area is 253 Å². The number of amides is 1. The molecule has 3 aromatic rings. The van der Waals surface area contributed by atoms with Crippen molar-refractivity contribution in [2.75, 3.05) is 51.8 Å². The summed E-state index contributed by atoms with van der Waals surface area (Å²) >= 11 is 0. The van der Waals surface area contributed by atoms with Gasteiger partial charge in [-0.2, -0.15) is 0 Å². The van der Waals surface area contributed by atoms with Crippen LogP contribution in [0.25, 0.3) is 10.9 Å². The third-order valence-corrected chi connectivity index (χ3v) is 8.16. The van der Waals surface area contributed by atoms with E-state index in [-0.39, 0.29) is 36.9 Å². The Kier molecular flexibility index (Phi) is 9.15. The van der Waals surface area contributed by atoms with E-state index in [1.165, 1.54) is 30.3 Å². The number of benzene rings is 2. The maximum Gasteiger partial charge on any atom is 0.586 e. The SMILES string of the molecule is CNCCOCCNCC(O)Cn1c(C(C)(C)CO)cc2cc(NC(=O)C3(c4ccc5c(c4)OC(F)(F)O5)CC3)c(F)cc21. The highest BCUT2D eigenvalue weighted by atomic mass is 19.3. The molecular weight excluding hydrogens is 581 g/mol. The molecule has 13 heteroatoms. The molecule has 10 nitrogen and oxygen atoms in total. The lowest BCUT2D eigenvalue weighted by atomic mass is 9.90. The van der Waals surface area contributed by atoms with Gasteiger partial charge in [-0.05, 0) is 49.7 Å². The van der Waals surface area contributed by atoms with Crippen LogP contribution in [0.15, 0.2) is 36.4 Å². The fourth-order valence-corrected chi connectivity index (χ4v) is 5.44. The van der Waals surface area contributed by atoms with Gasteiger partial charge in [-0.3, -0.25) is 4.79 Å². The average Bonchev–Trinajstić information content (AvgIpc) is 3.63. The molecule has 2 heterocycles. The largest absolute Gasteiger partial charge is 0.586 e. The first-order valence-corrected chi connectivity index (χ1v) is 14.7. The summed E-state index contributed by atoms with van der Waals surface area (Å²) < 4.78 is 58.8. The van der Waals surface area contributed by atoms with Crippen LogP contribution in [0.1, 0.15) is 37.9 Å². The number of aliphatic hydroxyl groups is 2.